The van der Waals surface area contributed by atoms with Gasteiger partial charge in [0.25, 0.3) is 0 Å². The predicted octanol–water partition coefficient (Wildman–Crippen LogP) is 1.75. The fraction of sp³-hybridized carbons (Fsp3) is 1.00. The molecule has 104 valence electrons. The van der Waals surface area contributed by atoms with Crippen LogP contribution in [0.1, 0.15) is 32.6 Å². The molecule has 0 heterocycles. The van der Waals surface area contributed by atoms with Crippen LogP contribution in [0.2, 0.25) is 0 Å². The third kappa shape index (κ3) is 10.5. The van der Waals surface area contributed by atoms with Gasteiger partial charge in [-0.1, -0.05) is 6.42 Å². The summed E-state index contributed by atoms with van der Waals surface area (Å²) in [6, 6.07) is 0. The first kappa shape index (κ1) is 16.7. The van der Waals surface area contributed by atoms with Gasteiger partial charge in [0.15, 0.2) is 0 Å². The molecule has 3 N–H and O–H groups in total. The Morgan fingerprint density at radius 1 is 1.12 bits per heavy atom. The second-order valence-corrected chi connectivity index (χ2v) is 4.94. The molecule has 0 spiro atoms. The number of hydrogen-bond donors (Lipinski definition) is 2. The molecule has 0 amide bonds. The van der Waals surface area contributed by atoms with Crippen molar-refractivity contribution >= 4 is 0 Å². The molecule has 0 aromatic rings. The summed E-state index contributed by atoms with van der Waals surface area (Å²) in [7, 11) is 1.68. The lowest BCUT2D eigenvalue weighted by Crippen LogP contribution is -2.40. The molecular weight excluding hydrogens is 233 g/mol. The van der Waals surface area contributed by atoms with Crippen LogP contribution < -0.4 is 5.73 Å². The molecule has 0 saturated heterocycles. The number of halogens is 3. The monoisotopic (exact) mass is 256 g/mol. The SMILES string of the molecule is CN(CCCCC(C)(N)CO)CCC(F)(F)F. The number of hydrogen-bond acceptors (Lipinski definition) is 3. The molecule has 0 aromatic heterocycles. The quantitative estimate of drug-likeness (QED) is 0.650. The zero-order valence-corrected chi connectivity index (χ0v) is 10.6. The largest absolute Gasteiger partial charge is 0.394 e. The summed E-state index contributed by atoms with van der Waals surface area (Å²) < 4.78 is 35.8. The molecule has 0 radical (unpaired) electrons. The van der Waals surface area contributed by atoms with Crippen LogP contribution in [0.3, 0.4) is 0 Å². The van der Waals surface area contributed by atoms with Crippen molar-refractivity contribution < 1.29 is 18.3 Å². The summed E-state index contributed by atoms with van der Waals surface area (Å²) >= 11 is 0. The first-order valence-corrected chi connectivity index (χ1v) is 5.81. The predicted molar refractivity (Wildman–Crippen MR) is 61.7 cm³/mol. The highest BCUT2D eigenvalue weighted by Crippen LogP contribution is 2.19. The smallest absolute Gasteiger partial charge is 0.390 e. The van der Waals surface area contributed by atoms with Crippen molar-refractivity contribution in [2.75, 3.05) is 26.7 Å². The van der Waals surface area contributed by atoms with Crippen molar-refractivity contribution in [1.29, 1.82) is 0 Å². The molecule has 6 heteroatoms. The van der Waals surface area contributed by atoms with Gasteiger partial charge >= 0.3 is 6.18 Å². The molecule has 0 aliphatic carbocycles. The van der Waals surface area contributed by atoms with Gasteiger partial charge in [-0.15, -0.1) is 0 Å². The first-order chi connectivity index (χ1) is 7.66. The minimum atomic E-state index is -4.08. The van der Waals surface area contributed by atoms with Crippen LogP contribution in [-0.4, -0.2) is 48.5 Å². The molecule has 0 fully saturated rings. The van der Waals surface area contributed by atoms with E-state index in [-0.39, 0.29) is 13.2 Å². The summed E-state index contributed by atoms with van der Waals surface area (Å²) in [5.41, 5.74) is 5.16. The average molecular weight is 256 g/mol. The highest BCUT2D eigenvalue weighted by Gasteiger charge is 2.26. The van der Waals surface area contributed by atoms with Gasteiger partial charge in [0.2, 0.25) is 0 Å². The molecule has 3 nitrogen and oxygen atoms in total. The van der Waals surface area contributed by atoms with Gasteiger partial charge in [-0.2, -0.15) is 13.2 Å². The van der Waals surface area contributed by atoms with E-state index in [2.05, 4.69) is 0 Å². The average Bonchev–Trinajstić information content (AvgIpc) is 2.20. The molecule has 17 heavy (non-hydrogen) atoms. The van der Waals surface area contributed by atoms with Crippen molar-refractivity contribution in [2.45, 2.75) is 44.3 Å². The van der Waals surface area contributed by atoms with Gasteiger partial charge < -0.3 is 15.7 Å². The van der Waals surface area contributed by atoms with Crippen LogP contribution in [0.15, 0.2) is 0 Å². The van der Waals surface area contributed by atoms with E-state index in [4.69, 9.17) is 10.8 Å². The highest BCUT2D eigenvalue weighted by molar-refractivity contribution is 4.76. The Hall–Kier alpha value is -0.330. The van der Waals surface area contributed by atoms with E-state index in [9.17, 15) is 13.2 Å². The topological polar surface area (TPSA) is 49.5 Å². The highest BCUT2D eigenvalue weighted by atomic mass is 19.4. The zero-order valence-electron chi connectivity index (χ0n) is 10.6. The van der Waals surface area contributed by atoms with Gasteiger partial charge in [-0.25, -0.2) is 0 Å². The van der Waals surface area contributed by atoms with E-state index in [0.717, 1.165) is 12.8 Å². The van der Waals surface area contributed by atoms with Crippen LogP contribution in [0.4, 0.5) is 13.2 Å². The van der Waals surface area contributed by atoms with E-state index < -0.39 is 18.1 Å². The number of aliphatic hydroxyl groups excluding tert-OH is 1. The Balaban J connectivity index is 3.55. The number of aliphatic hydroxyl groups is 1. The van der Waals surface area contributed by atoms with Crippen LogP contribution in [0, 0.1) is 0 Å². The van der Waals surface area contributed by atoms with E-state index >= 15 is 0 Å². The molecule has 1 atom stereocenters. The first-order valence-electron chi connectivity index (χ1n) is 5.81. The Kier molecular flexibility index (Phi) is 7.04. The van der Waals surface area contributed by atoms with Crippen molar-refractivity contribution in [2.24, 2.45) is 5.73 Å². The number of nitrogens with two attached hydrogens (primary N) is 1. The Bertz CT molecular complexity index is 207. The number of alkyl halides is 3. The number of unbranched alkanes of at least 4 members (excludes halogenated alkanes) is 1. The third-order valence-corrected chi connectivity index (χ3v) is 2.68. The number of rotatable bonds is 8. The van der Waals surface area contributed by atoms with Gasteiger partial charge in [-0.05, 0) is 33.4 Å². The van der Waals surface area contributed by atoms with Crippen molar-refractivity contribution in [3.05, 3.63) is 0 Å². The zero-order chi connectivity index (χ0) is 13.5. The van der Waals surface area contributed by atoms with Crippen molar-refractivity contribution in [3.63, 3.8) is 0 Å². The molecule has 1 unspecified atom stereocenters. The minimum Gasteiger partial charge on any atom is -0.394 e. The lowest BCUT2D eigenvalue weighted by atomic mass is 9.97. The fourth-order valence-electron chi connectivity index (χ4n) is 1.42. The lowest BCUT2D eigenvalue weighted by Gasteiger charge is -2.22. The maximum Gasteiger partial charge on any atom is 0.390 e. The van der Waals surface area contributed by atoms with Crippen molar-refractivity contribution in [1.82, 2.24) is 4.90 Å². The Labute approximate surface area is 101 Å². The van der Waals surface area contributed by atoms with Gasteiger partial charge in [0, 0.05) is 12.1 Å². The molecule has 0 aliphatic rings. The summed E-state index contributed by atoms with van der Waals surface area (Å²) in [6.07, 6.45) is -2.57. The normalized spacial score (nSPS) is 16.2. The fourth-order valence-corrected chi connectivity index (χ4v) is 1.42. The van der Waals surface area contributed by atoms with E-state index in [1.165, 1.54) is 0 Å². The minimum absolute atomic E-state index is 0.0311. The summed E-state index contributed by atoms with van der Waals surface area (Å²) in [5, 5.41) is 8.92. The molecule has 0 aromatic carbocycles. The lowest BCUT2D eigenvalue weighted by molar-refractivity contribution is -0.137. The van der Waals surface area contributed by atoms with Gasteiger partial charge in [0.1, 0.15) is 0 Å². The maximum atomic E-state index is 11.9. The summed E-state index contributed by atoms with van der Waals surface area (Å²) in [6.45, 7) is 2.35. The molecular formula is C11H23F3N2O. The number of nitrogens with zero attached hydrogens (tertiary/aromatic N) is 1. The molecule has 0 saturated carbocycles. The van der Waals surface area contributed by atoms with Gasteiger partial charge in [0.05, 0.1) is 13.0 Å². The Morgan fingerprint density at radius 3 is 2.18 bits per heavy atom. The van der Waals surface area contributed by atoms with Crippen LogP contribution in [0.5, 0.6) is 0 Å². The summed E-state index contributed by atoms with van der Waals surface area (Å²) in [5.74, 6) is 0. The van der Waals surface area contributed by atoms with E-state index in [0.29, 0.717) is 13.0 Å². The molecule has 0 bridgehead atoms. The van der Waals surface area contributed by atoms with E-state index in [1.807, 2.05) is 0 Å². The van der Waals surface area contributed by atoms with E-state index in [1.54, 1.807) is 18.9 Å². The van der Waals surface area contributed by atoms with Crippen LogP contribution in [-0.2, 0) is 0 Å². The van der Waals surface area contributed by atoms with Crippen LogP contribution in [0.25, 0.3) is 0 Å². The molecule has 0 aliphatic heterocycles. The second kappa shape index (κ2) is 7.18. The molecule has 0 rings (SSSR count). The second-order valence-electron chi connectivity index (χ2n) is 4.94. The van der Waals surface area contributed by atoms with Gasteiger partial charge in [-0.3, -0.25) is 0 Å². The Morgan fingerprint density at radius 2 is 1.71 bits per heavy atom. The maximum absolute atomic E-state index is 11.9. The third-order valence-electron chi connectivity index (χ3n) is 2.68. The van der Waals surface area contributed by atoms with Crippen LogP contribution >= 0.6 is 0 Å². The summed E-state index contributed by atoms with van der Waals surface area (Å²) in [4.78, 5) is 1.67. The standard InChI is InChI=1S/C11H23F3N2O/c1-10(15,9-17)5-3-4-7-16(2)8-6-11(12,13)14/h17H,3-9,15H2,1-2H3. The van der Waals surface area contributed by atoms with Crippen molar-refractivity contribution in [3.8, 4) is 0 Å².